The Bertz CT molecular complexity index is 6030. The fraction of sp³-hybridized carbons (Fsp3) is 0.345. The topological polar surface area (TPSA) is 308 Å². The molecule has 0 unspecified atom stereocenters. The smallest absolute Gasteiger partial charge is 0.451 e. The third-order valence-electron chi connectivity index (χ3n) is 24.1. The number of benzene rings is 6. The molecule has 3 spiro atoms. The summed E-state index contributed by atoms with van der Waals surface area (Å²) in [7, 11) is 3.46. The summed E-state index contributed by atoms with van der Waals surface area (Å²) in [5, 5.41) is 6.48. The van der Waals surface area contributed by atoms with E-state index >= 15 is 8.78 Å². The third-order valence-corrected chi connectivity index (χ3v) is 27.9. The number of fused-ring (bicyclic) bond motifs is 13. The van der Waals surface area contributed by atoms with Gasteiger partial charge in [0.05, 0.1) is 85.2 Å². The average molecular weight is 1770 g/mol. The molecule has 2 aliphatic carbocycles. The van der Waals surface area contributed by atoms with Crippen molar-refractivity contribution in [3.8, 4) is 17.2 Å². The van der Waals surface area contributed by atoms with Crippen LogP contribution in [0.15, 0.2) is 193 Å². The molecule has 6 aromatic carbocycles. The van der Waals surface area contributed by atoms with Gasteiger partial charge in [0.2, 0.25) is 53.9 Å². The summed E-state index contributed by atoms with van der Waals surface area (Å²) in [4.78, 5) is 125. The first-order valence-electron chi connectivity index (χ1n) is 39.7. The normalized spacial score (nSPS) is 21.7. The number of pyridine rings is 3. The van der Waals surface area contributed by atoms with Gasteiger partial charge in [0.25, 0.3) is 17.7 Å². The highest BCUT2D eigenvalue weighted by molar-refractivity contribution is 7.99. The summed E-state index contributed by atoms with van der Waals surface area (Å²) in [6, 6.07) is 41.8. The van der Waals surface area contributed by atoms with Crippen LogP contribution in [0.1, 0.15) is 125 Å². The summed E-state index contributed by atoms with van der Waals surface area (Å²) in [5.74, 6) is -0.918. The van der Waals surface area contributed by atoms with Crippen molar-refractivity contribution in [3.63, 3.8) is 0 Å². The Morgan fingerprint density at radius 3 is 1.23 bits per heavy atom. The summed E-state index contributed by atoms with van der Waals surface area (Å²) >= 11 is 11.9. The van der Waals surface area contributed by atoms with Crippen molar-refractivity contribution in [1.82, 2.24) is 28.7 Å². The number of hydrogen-bond donors (Lipinski definition) is 0. The maximum absolute atomic E-state index is 15.9. The molecule has 13 heterocycles. The van der Waals surface area contributed by atoms with E-state index in [1.54, 1.807) is 77.4 Å². The lowest BCUT2D eigenvalue weighted by Gasteiger charge is -2.57. The Morgan fingerprint density at radius 2 is 0.823 bits per heavy atom. The number of thioether (sulfide) groups is 3. The molecule has 6 atom stereocenters. The SMILES string of the molecule is COC(=O)OCOc1c2n(ccc1=O)N([C@@H]1c3ccccc3SCc3cccc(Cl)c31)[C@@H]1COCC3(CC3)N1C2=O.COC(=O)OCOc1c2n(ccc1=O)N([C@@H]1c3ccccc3SCc3cccc(F)c31)[C@@H]1COC3(CC3)CN1C2=O.COC(=O)OCOc1c2n(ccc1=O)N([C@@H]1c3ccccc3SCc3cccc(F)c31)[C@@H]1COC3(COC3)CN1C2=O. The van der Waals surface area contributed by atoms with Crippen molar-refractivity contribution in [2.24, 2.45) is 0 Å². The minimum atomic E-state index is -1.01. The molecule has 3 aromatic heterocycles. The van der Waals surface area contributed by atoms with Gasteiger partial charge in [0.15, 0.2) is 17.1 Å². The largest absolute Gasteiger partial charge is 0.510 e. The molecule has 37 heteroatoms. The number of hydrogen-bond acceptors (Lipinski definition) is 28. The molecule has 642 valence electrons. The van der Waals surface area contributed by atoms with Crippen LogP contribution in [0.5, 0.6) is 17.2 Å². The number of carbonyl (C=O) groups is 6. The molecule has 0 N–H and O–H groups in total. The Morgan fingerprint density at radius 1 is 0.435 bits per heavy atom. The Labute approximate surface area is 723 Å². The van der Waals surface area contributed by atoms with Gasteiger partial charge in [-0.3, -0.25) is 57.8 Å². The maximum Gasteiger partial charge on any atom is 0.510 e. The number of halogens is 3. The number of amides is 3. The summed E-state index contributed by atoms with van der Waals surface area (Å²) in [5.41, 5.74) is 4.06. The average Bonchev–Trinajstić information content (AvgIpc) is 1.40. The molecule has 9 aromatic rings. The first-order chi connectivity index (χ1) is 60.2. The zero-order valence-electron chi connectivity index (χ0n) is 66.6. The van der Waals surface area contributed by atoms with Crippen molar-refractivity contribution < 1.29 is 99.1 Å². The van der Waals surface area contributed by atoms with Crippen LogP contribution in [-0.4, -0.2) is 195 Å². The molecule has 0 radical (unpaired) electrons. The van der Waals surface area contributed by atoms with E-state index in [-0.39, 0.29) is 78.2 Å². The van der Waals surface area contributed by atoms with Crippen LogP contribution in [0.4, 0.5) is 23.2 Å². The van der Waals surface area contributed by atoms with Crippen LogP contribution in [0.25, 0.3) is 0 Å². The van der Waals surface area contributed by atoms with E-state index in [9.17, 15) is 43.2 Å². The lowest BCUT2D eigenvalue weighted by atomic mass is 9.92. The standard InChI is InChI=1S/C29H26ClN3O7S.C29H26FN3O8S.C29H26FN3O7S/c1-37-28(36)40-16-39-26-20(34)9-12-31-25(26)27(35)32-22(13-38-15-29(32)10-11-29)33(31)24-18-6-2-3-8-21(18)41-14-17-5-4-7-19(30)23(17)24;1-37-28(36)40-16-39-26-20(34)9-10-32-25(26)27(35)31-13-29(14-38-15-29)41-11-22(31)33(32)24-18-6-2-3-8-21(18)42-12-17-5-4-7-19(30)23(17)24;1-37-28(36)39-16-38-26-20(34)9-12-32-25(26)27(35)31-15-29(10-11-29)40-13-22(31)33(32)24-18-6-2-3-8-21(18)41-14-17-5-4-7-19(30)23(17)24/h2-9,12,22,24H,10-11,13-16H2,1H3;2-10,22,24H,11-16H2,1H3;2-9,12,22,24H,10-11,13-16H2,1H3/t3*22-,24-/m111/s1. The van der Waals surface area contributed by atoms with Gasteiger partial charge in [-0.1, -0.05) is 103 Å². The second-order valence-electron chi connectivity index (χ2n) is 31.2. The van der Waals surface area contributed by atoms with Gasteiger partial charge in [-0.05, 0) is 95.5 Å². The fourth-order valence-electron chi connectivity index (χ4n) is 18.0. The van der Waals surface area contributed by atoms with Gasteiger partial charge < -0.3 is 76.3 Å². The van der Waals surface area contributed by atoms with Crippen LogP contribution >= 0.6 is 46.9 Å². The second kappa shape index (κ2) is 33.0. The van der Waals surface area contributed by atoms with E-state index < -0.39 is 120 Å². The predicted molar refractivity (Wildman–Crippen MR) is 441 cm³/mol. The Balaban J connectivity index is 0.000000122. The Kier molecular flexibility index (Phi) is 21.8. The number of rotatable bonds is 12. The number of morpholine rings is 3. The van der Waals surface area contributed by atoms with E-state index in [4.69, 9.17) is 59.0 Å². The van der Waals surface area contributed by atoms with Crippen LogP contribution in [0, 0.1) is 11.6 Å². The van der Waals surface area contributed by atoms with E-state index in [2.05, 4.69) is 37.4 Å². The first kappa shape index (κ1) is 81.9. The highest BCUT2D eigenvalue weighted by atomic mass is 35.5. The Hall–Kier alpha value is -11.8. The number of methoxy groups -OCH3 is 3. The fourth-order valence-corrected chi connectivity index (χ4v) is 21.6. The molecular weight excluding hydrogens is 1690 g/mol. The van der Waals surface area contributed by atoms with E-state index in [1.807, 2.05) is 99.8 Å². The van der Waals surface area contributed by atoms with Crippen molar-refractivity contribution in [2.75, 3.05) is 109 Å². The van der Waals surface area contributed by atoms with Crippen molar-refractivity contribution in [1.29, 1.82) is 0 Å². The van der Waals surface area contributed by atoms with Gasteiger partial charge in [-0.15, -0.1) is 35.3 Å². The summed E-state index contributed by atoms with van der Waals surface area (Å²) in [6.45, 7) is 0.281. The van der Waals surface area contributed by atoms with E-state index in [1.165, 1.54) is 49.8 Å². The van der Waals surface area contributed by atoms with Crippen molar-refractivity contribution >= 4 is 83.1 Å². The molecule has 0 bridgehead atoms. The van der Waals surface area contributed by atoms with Crippen LogP contribution in [0.3, 0.4) is 0 Å². The molecule has 3 amide bonds. The van der Waals surface area contributed by atoms with Crippen molar-refractivity contribution in [3.05, 3.63) is 279 Å². The molecule has 6 fully saturated rings. The number of nitrogens with zero attached hydrogens (tertiary/aromatic N) is 9. The molecule has 4 saturated heterocycles. The number of ether oxygens (including phenoxy) is 13. The molecule has 31 nitrogen and oxygen atoms in total. The minimum absolute atomic E-state index is 0.0350. The van der Waals surface area contributed by atoms with Gasteiger partial charge in [0, 0.05) is 90.4 Å². The minimum Gasteiger partial charge on any atom is -0.451 e. The summed E-state index contributed by atoms with van der Waals surface area (Å²) in [6.07, 6.45) is 3.08. The summed E-state index contributed by atoms with van der Waals surface area (Å²) < 4.78 is 106. The van der Waals surface area contributed by atoms with Crippen LogP contribution in [0.2, 0.25) is 5.02 Å². The zero-order chi connectivity index (χ0) is 85.6. The van der Waals surface area contributed by atoms with E-state index in [0.29, 0.717) is 54.0 Å². The zero-order valence-corrected chi connectivity index (χ0v) is 69.9. The predicted octanol–water partition coefficient (Wildman–Crippen LogP) is 11.1. The molecule has 21 rings (SSSR count). The molecule has 124 heavy (non-hydrogen) atoms. The van der Waals surface area contributed by atoms with Gasteiger partial charge in [0.1, 0.15) is 53.9 Å². The van der Waals surface area contributed by atoms with Crippen molar-refractivity contribution in [2.45, 2.75) is 111 Å². The van der Waals surface area contributed by atoms with Gasteiger partial charge >= 0.3 is 18.5 Å². The quantitative estimate of drug-likeness (QED) is 0.0623. The highest BCUT2D eigenvalue weighted by Crippen LogP contribution is 2.55. The second-order valence-corrected chi connectivity index (χ2v) is 34.6. The first-order valence-corrected chi connectivity index (χ1v) is 43.1. The monoisotopic (exact) mass is 1770 g/mol. The molecule has 12 aliphatic rings. The lowest BCUT2D eigenvalue weighted by Crippen LogP contribution is -2.73. The maximum atomic E-state index is 15.9. The third kappa shape index (κ3) is 14.4. The van der Waals surface area contributed by atoms with Gasteiger partial charge in [-0.2, -0.15) is 0 Å². The van der Waals surface area contributed by atoms with Gasteiger partial charge in [-0.25, -0.2) is 23.2 Å². The van der Waals surface area contributed by atoms with Crippen LogP contribution in [-0.2, 0) is 64.6 Å². The van der Waals surface area contributed by atoms with E-state index in [0.717, 1.165) is 99.3 Å². The molecule has 10 aliphatic heterocycles. The van der Waals surface area contributed by atoms with Crippen LogP contribution < -0.4 is 45.5 Å². The molecule has 2 saturated carbocycles. The number of aromatic nitrogens is 3. The lowest BCUT2D eigenvalue weighted by molar-refractivity contribution is -0.245. The molecular formula is C87H78ClF2N9O22S3. The highest BCUT2D eigenvalue weighted by Gasteiger charge is 2.62. The number of carbonyl (C=O) groups excluding carboxylic acids is 6.